The molecule has 0 fully saturated rings. The summed E-state index contributed by atoms with van der Waals surface area (Å²) in [5.41, 5.74) is 1.71. The summed E-state index contributed by atoms with van der Waals surface area (Å²) >= 11 is 5.93. The molecule has 3 aromatic rings. The number of hydrogen-bond donors (Lipinski definition) is 0. The Morgan fingerprint density at radius 2 is 1.65 bits per heavy atom. The molecule has 1 nitrogen and oxygen atoms in total. The predicted molar refractivity (Wildman–Crippen MR) is 83.4 cm³/mol. The van der Waals surface area contributed by atoms with Gasteiger partial charge in [-0.2, -0.15) is 0 Å². The van der Waals surface area contributed by atoms with Crippen LogP contribution in [0.2, 0.25) is 5.02 Å². The van der Waals surface area contributed by atoms with E-state index in [-0.39, 0.29) is 5.78 Å². The zero-order valence-corrected chi connectivity index (χ0v) is 11.6. The van der Waals surface area contributed by atoms with Gasteiger partial charge >= 0.3 is 0 Å². The summed E-state index contributed by atoms with van der Waals surface area (Å²) in [4.78, 5) is 12.4. The minimum Gasteiger partial charge on any atom is -0.294 e. The van der Waals surface area contributed by atoms with Crippen LogP contribution in [0.3, 0.4) is 0 Å². The molecule has 2 heteroatoms. The lowest BCUT2D eigenvalue weighted by molar-refractivity contribution is 0.0993. The van der Waals surface area contributed by atoms with Crippen molar-refractivity contribution in [3.63, 3.8) is 0 Å². The van der Waals surface area contributed by atoms with Crippen molar-refractivity contribution in [2.75, 3.05) is 0 Å². The predicted octanol–water partition coefficient (Wildman–Crippen LogP) is 4.92. The third-order valence-corrected chi connectivity index (χ3v) is 3.61. The Labute approximate surface area is 122 Å². The molecule has 3 rings (SSSR count). The van der Waals surface area contributed by atoms with E-state index in [2.05, 4.69) is 18.2 Å². The number of Topliss-reactive ketones (excluding diaryl/α,β-unsaturated/α-hetero) is 1. The second-order valence-corrected chi connectivity index (χ2v) is 5.19. The van der Waals surface area contributed by atoms with Crippen molar-refractivity contribution in [1.29, 1.82) is 0 Å². The molecule has 0 radical (unpaired) electrons. The Morgan fingerprint density at radius 1 is 0.900 bits per heavy atom. The van der Waals surface area contributed by atoms with Crippen LogP contribution in [0.1, 0.15) is 15.9 Å². The van der Waals surface area contributed by atoms with Gasteiger partial charge in [0.25, 0.3) is 0 Å². The number of carbonyl (C=O) groups excluding carboxylic acids is 1. The van der Waals surface area contributed by atoms with Gasteiger partial charge in [-0.1, -0.05) is 66.2 Å². The average molecular weight is 281 g/mol. The van der Waals surface area contributed by atoms with Gasteiger partial charge in [-0.25, -0.2) is 0 Å². The quantitative estimate of drug-likeness (QED) is 0.623. The molecular formula is C18H13ClO. The lowest BCUT2D eigenvalue weighted by Crippen LogP contribution is -2.03. The van der Waals surface area contributed by atoms with Crippen LogP contribution in [0.15, 0.2) is 66.7 Å². The fourth-order valence-corrected chi connectivity index (χ4v) is 2.57. The number of benzene rings is 3. The Hall–Kier alpha value is -2.12. The fraction of sp³-hybridized carbons (Fsp3) is 0.0556. The second-order valence-electron chi connectivity index (χ2n) is 4.75. The van der Waals surface area contributed by atoms with Crippen LogP contribution in [0, 0.1) is 0 Å². The molecule has 0 aliphatic heterocycles. The molecule has 0 saturated carbocycles. The van der Waals surface area contributed by atoms with Crippen molar-refractivity contribution < 1.29 is 4.79 Å². The van der Waals surface area contributed by atoms with Crippen LogP contribution in [-0.2, 0) is 6.42 Å². The lowest BCUT2D eigenvalue weighted by Gasteiger charge is -2.06. The summed E-state index contributed by atoms with van der Waals surface area (Å²) in [6.07, 6.45) is 0.391. The maximum absolute atomic E-state index is 12.4. The Kier molecular flexibility index (Phi) is 3.53. The van der Waals surface area contributed by atoms with E-state index in [9.17, 15) is 4.79 Å². The molecule has 0 unspecified atom stereocenters. The molecule has 20 heavy (non-hydrogen) atoms. The van der Waals surface area contributed by atoms with Gasteiger partial charge in [0, 0.05) is 17.0 Å². The summed E-state index contributed by atoms with van der Waals surface area (Å²) in [5.74, 6) is 0.0869. The van der Waals surface area contributed by atoms with Gasteiger partial charge in [0.1, 0.15) is 0 Å². The van der Waals surface area contributed by atoms with Gasteiger partial charge < -0.3 is 0 Å². The molecule has 0 aromatic heterocycles. The number of rotatable bonds is 3. The van der Waals surface area contributed by atoms with Crippen molar-refractivity contribution in [3.05, 3.63) is 82.9 Å². The maximum Gasteiger partial charge on any atom is 0.167 e. The standard InChI is InChI=1S/C18H13ClO/c19-16-9-4-8-15(11-16)18(20)12-14-7-3-6-13-5-1-2-10-17(13)14/h1-11H,12H2. The monoisotopic (exact) mass is 280 g/mol. The van der Waals surface area contributed by atoms with Crippen LogP contribution in [0.25, 0.3) is 10.8 Å². The van der Waals surface area contributed by atoms with Crippen molar-refractivity contribution >= 4 is 28.2 Å². The smallest absolute Gasteiger partial charge is 0.167 e. The highest BCUT2D eigenvalue weighted by molar-refractivity contribution is 6.31. The molecule has 0 aliphatic rings. The highest BCUT2D eigenvalue weighted by Gasteiger charge is 2.09. The fourth-order valence-electron chi connectivity index (χ4n) is 2.38. The molecule has 0 N–H and O–H groups in total. The number of ketones is 1. The van der Waals surface area contributed by atoms with Crippen LogP contribution in [0.5, 0.6) is 0 Å². The highest BCUT2D eigenvalue weighted by atomic mass is 35.5. The third kappa shape index (κ3) is 2.59. The molecule has 0 atom stereocenters. The summed E-state index contributed by atoms with van der Waals surface area (Å²) in [5, 5.41) is 2.88. The molecule has 0 spiro atoms. The van der Waals surface area contributed by atoms with E-state index in [1.165, 1.54) is 0 Å². The first-order chi connectivity index (χ1) is 9.74. The second kappa shape index (κ2) is 5.48. The van der Waals surface area contributed by atoms with Gasteiger partial charge in [0.05, 0.1) is 0 Å². The molecule has 0 amide bonds. The van der Waals surface area contributed by atoms with Crippen LogP contribution in [-0.4, -0.2) is 5.78 Å². The van der Waals surface area contributed by atoms with Crippen molar-refractivity contribution in [1.82, 2.24) is 0 Å². The van der Waals surface area contributed by atoms with E-state index < -0.39 is 0 Å². The van der Waals surface area contributed by atoms with Crippen molar-refractivity contribution in [2.45, 2.75) is 6.42 Å². The van der Waals surface area contributed by atoms with E-state index in [0.717, 1.165) is 16.3 Å². The topological polar surface area (TPSA) is 17.1 Å². The number of halogens is 1. The Bertz CT molecular complexity index is 772. The minimum absolute atomic E-state index is 0.0869. The minimum atomic E-state index is 0.0869. The molecule has 3 aromatic carbocycles. The summed E-state index contributed by atoms with van der Waals surface area (Å²) in [6.45, 7) is 0. The Balaban J connectivity index is 1.95. The number of hydrogen-bond acceptors (Lipinski definition) is 1. The zero-order chi connectivity index (χ0) is 13.9. The van der Waals surface area contributed by atoms with Crippen molar-refractivity contribution in [3.8, 4) is 0 Å². The largest absolute Gasteiger partial charge is 0.294 e. The number of fused-ring (bicyclic) bond motifs is 1. The summed E-state index contributed by atoms with van der Waals surface area (Å²) in [7, 11) is 0. The van der Waals surface area contributed by atoms with E-state index in [0.29, 0.717) is 17.0 Å². The maximum atomic E-state index is 12.4. The van der Waals surface area contributed by atoms with E-state index >= 15 is 0 Å². The summed E-state index contributed by atoms with van der Waals surface area (Å²) < 4.78 is 0. The lowest BCUT2D eigenvalue weighted by atomic mass is 9.98. The van der Waals surface area contributed by atoms with Gasteiger partial charge in [-0.3, -0.25) is 4.79 Å². The first-order valence-corrected chi connectivity index (χ1v) is 6.87. The zero-order valence-electron chi connectivity index (χ0n) is 10.8. The van der Waals surface area contributed by atoms with E-state index in [4.69, 9.17) is 11.6 Å². The highest BCUT2D eigenvalue weighted by Crippen LogP contribution is 2.21. The molecule has 0 aliphatic carbocycles. The molecule has 0 saturated heterocycles. The third-order valence-electron chi connectivity index (χ3n) is 3.38. The SMILES string of the molecule is O=C(Cc1cccc2ccccc12)c1cccc(Cl)c1. The Morgan fingerprint density at radius 3 is 2.50 bits per heavy atom. The number of carbonyl (C=O) groups is 1. The van der Waals surface area contributed by atoms with Crippen LogP contribution in [0.4, 0.5) is 0 Å². The van der Waals surface area contributed by atoms with Crippen LogP contribution >= 0.6 is 11.6 Å². The van der Waals surface area contributed by atoms with Gasteiger partial charge in [-0.15, -0.1) is 0 Å². The van der Waals surface area contributed by atoms with Gasteiger partial charge in [0.15, 0.2) is 5.78 Å². The first-order valence-electron chi connectivity index (χ1n) is 6.49. The van der Waals surface area contributed by atoms with E-state index in [1.807, 2.05) is 24.3 Å². The first kappa shape index (κ1) is 12.9. The molecule has 98 valence electrons. The van der Waals surface area contributed by atoms with Crippen LogP contribution < -0.4 is 0 Å². The van der Waals surface area contributed by atoms with Gasteiger partial charge in [0.2, 0.25) is 0 Å². The van der Waals surface area contributed by atoms with Gasteiger partial charge in [-0.05, 0) is 28.5 Å². The average Bonchev–Trinajstić information content (AvgIpc) is 2.47. The molecular weight excluding hydrogens is 268 g/mol. The van der Waals surface area contributed by atoms with E-state index in [1.54, 1.807) is 24.3 Å². The summed E-state index contributed by atoms with van der Waals surface area (Å²) in [6, 6.07) is 21.3. The molecule has 0 bridgehead atoms. The molecule has 0 heterocycles. The normalized spacial score (nSPS) is 10.7. The van der Waals surface area contributed by atoms with Crippen molar-refractivity contribution in [2.24, 2.45) is 0 Å².